The van der Waals surface area contributed by atoms with Crippen LogP contribution < -0.4 is 5.32 Å². The molecule has 0 aliphatic carbocycles. The number of aryl methyl sites for hydroxylation is 1. The first-order chi connectivity index (χ1) is 7.74. The van der Waals surface area contributed by atoms with Gasteiger partial charge in [0.15, 0.2) is 0 Å². The van der Waals surface area contributed by atoms with E-state index in [1.807, 2.05) is 4.68 Å². The third kappa shape index (κ3) is 3.20. The number of methoxy groups -OCH3 is 1. The van der Waals surface area contributed by atoms with Crippen LogP contribution in [0.2, 0.25) is 5.02 Å². The van der Waals surface area contributed by atoms with Gasteiger partial charge in [0.1, 0.15) is 0 Å². The van der Waals surface area contributed by atoms with Gasteiger partial charge in [-0.3, -0.25) is 4.68 Å². The molecule has 0 amide bonds. The first-order valence-electron chi connectivity index (χ1n) is 5.68. The number of hydrogen-bond acceptors (Lipinski definition) is 3. The van der Waals surface area contributed by atoms with Crippen LogP contribution in [0.5, 0.6) is 0 Å². The molecule has 5 heteroatoms. The average molecular weight is 246 g/mol. The molecule has 1 aromatic heterocycles. The normalized spacial score (nSPS) is 13.0. The van der Waals surface area contributed by atoms with Crippen molar-refractivity contribution in [3.8, 4) is 0 Å². The molecule has 1 rings (SSSR count). The Morgan fingerprint density at radius 3 is 2.88 bits per heavy atom. The van der Waals surface area contributed by atoms with Crippen molar-refractivity contribution in [2.24, 2.45) is 0 Å². The van der Waals surface area contributed by atoms with Gasteiger partial charge in [-0.25, -0.2) is 0 Å². The van der Waals surface area contributed by atoms with E-state index in [2.05, 4.69) is 24.3 Å². The molecule has 0 bridgehead atoms. The van der Waals surface area contributed by atoms with E-state index >= 15 is 0 Å². The van der Waals surface area contributed by atoms with Crippen LogP contribution in [0.3, 0.4) is 0 Å². The quantitative estimate of drug-likeness (QED) is 0.801. The van der Waals surface area contributed by atoms with Gasteiger partial charge < -0.3 is 10.1 Å². The fourth-order valence-electron chi connectivity index (χ4n) is 1.76. The summed E-state index contributed by atoms with van der Waals surface area (Å²) in [7, 11) is 1.69. The third-order valence-electron chi connectivity index (χ3n) is 2.38. The minimum absolute atomic E-state index is 0.108. The number of nitrogens with zero attached hydrogens (tertiary/aromatic N) is 2. The number of nitrogens with one attached hydrogen (secondary N) is 1. The number of ether oxygens (including phenoxy) is 1. The third-order valence-corrected chi connectivity index (χ3v) is 2.67. The van der Waals surface area contributed by atoms with Gasteiger partial charge in [-0.1, -0.05) is 25.4 Å². The Morgan fingerprint density at radius 1 is 1.56 bits per heavy atom. The van der Waals surface area contributed by atoms with Crippen LogP contribution in [-0.2, 0) is 11.3 Å². The van der Waals surface area contributed by atoms with Gasteiger partial charge in [0.05, 0.1) is 29.6 Å². The van der Waals surface area contributed by atoms with Crippen molar-refractivity contribution in [1.82, 2.24) is 15.1 Å². The topological polar surface area (TPSA) is 39.1 Å². The standard InChI is InChI=1S/C11H20ClN3O/c1-4-6-15-11(9(12)7-14-15)10(8-16-3)13-5-2/h7,10,13H,4-6,8H2,1-3H3. The van der Waals surface area contributed by atoms with E-state index in [-0.39, 0.29) is 6.04 Å². The SMILES string of the molecule is CCCn1ncc(Cl)c1C(COC)NCC. The number of likely N-dealkylation sites (N-methyl/N-ethyl adjacent to an activating group) is 1. The summed E-state index contributed by atoms with van der Waals surface area (Å²) in [5, 5.41) is 8.34. The summed E-state index contributed by atoms with van der Waals surface area (Å²) in [6.45, 7) is 6.55. The maximum Gasteiger partial charge on any atom is 0.0835 e. The second-order valence-electron chi connectivity index (χ2n) is 3.67. The molecule has 0 aliphatic heterocycles. The number of halogens is 1. The predicted octanol–water partition coefficient (Wildman–Crippen LogP) is 2.24. The number of aromatic nitrogens is 2. The molecule has 1 aromatic rings. The molecule has 0 aromatic carbocycles. The fourth-order valence-corrected chi connectivity index (χ4v) is 2.03. The largest absolute Gasteiger partial charge is 0.383 e. The Bertz CT molecular complexity index is 308. The van der Waals surface area contributed by atoms with Crippen LogP contribution in [0.15, 0.2) is 6.20 Å². The summed E-state index contributed by atoms with van der Waals surface area (Å²) in [4.78, 5) is 0. The minimum atomic E-state index is 0.108. The second-order valence-corrected chi connectivity index (χ2v) is 4.07. The Balaban J connectivity index is 2.91. The van der Waals surface area contributed by atoms with Gasteiger partial charge in [-0.15, -0.1) is 0 Å². The maximum atomic E-state index is 6.17. The molecule has 0 spiro atoms. The first-order valence-corrected chi connectivity index (χ1v) is 6.05. The molecule has 0 saturated carbocycles. The zero-order valence-electron chi connectivity index (χ0n) is 10.2. The Kier molecular flexibility index (Phi) is 5.80. The molecule has 0 saturated heterocycles. The highest BCUT2D eigenvalue weighted by molar-refractivity contribution is 6.31. The van der Waals surface area contributed by atoms with Crippen LogP contribution in [-0.4, -0.2) is 30.0 Å². The van der Waals surface area contributed by atoms with E-state index in [9.17, 15) is 0 Å². The van der Waals surface area contributed by atoms with E-state index in [1.54, 1.807) is 13.3 Å². The minimum Gasteiger partial charge on any atom is -0.383 e. The molecule has 1 atom stereocenters. The maximum absolute atomic E-state index is 6.17. The van der Waals surface area contributed by atoms with Crippen LogP contribution in [0.25, 0.3) is 0 Å². The van der Waals surface area contributed by atoms with Crippen molar-refractivity contribution in [2.75, 3.05) is 20.3 Å². The molecule has 1 heterocycles. The number of hydrogen-bond donors (Lipinski definition) is 1. The highest BCUT2D eigenvalue weighted by Crippen LogP contribution is 2.23. The Labute approximate surface area is 102 Å². The van der Waals surface area contributed by atoms with E-state index in [1.165, 1.54) is 0 Å². The van der Waals surface area contributed by atoms with Crippen molar-refractivity contribution in [3.63, 3.8) is 0 Å². The van der Waals surface area contributed by atoms with E-state index in [0.29, 0.717) is 11.6 Å². The lowest BCUT2D eigenvalue weighted by Gasteiger charge is -2.19. The van der Waals surface area contributed by atoms with Gasteiger partial charge in [0.2, 0.25) is 0 Å². The van der Waals surface area contributed by atoms with Crippen LogP contribution in [0.4, 0.5) is 0 Å². The summed E-state index contributed by atoms with van der Waals surface area (Å²) >= 11 is 6.17. The van der Waals surface area contributed by atoms with Gasteiger partial charge >= 0.3 is 0 Å². The zero-order chi connectivity index (χ0) is 12.0. The monoisotopic (exact) mass is 245 g/mol. The molecule has 1 N–H and O–H groups in total. The van der Waals surface area contributed by atoms with Crippen molar-refractivity contribution in [1.29, 1.82) is 0 Å². The highest BCUT2D eigenvalue weighted by atomic mass is 35.5. The predicted molar refractivity (Wildman–Crippen MR) is 65.8 cm³/mol. The van der Waals surface area contributed by atoms with E-state index < -0.39 is 0 Å². The van der Waals surface area contributed by atoms with Gasteiger partial charge in [0, 0.05) is 13.7 Å². The van der Waals surface area contributed by atoms with Gasteiger partial charge in [0.25, 0.3) is 0 Å². The molecule has 4 nitrogen and oxygen atoms in total. The smallest absolute Gasteiger partial charge is 0.0835 e. The van der Waals surface area contributed by atoms with Crippen molar-refractivity contribution in [3.05, 3.63) is 16.9 Å². The fraction of sp³-hybridized carbons (Fsp3) is 0.727. The van der Waals surface area contributed by atoms with Gasteiger partial charge in [-0.2, -0.15) is 5.10 Å². The Hall–Kier alpha value is -0.580. The van der Waals surface area contributed by atoms with Crippen molar-refractivity contribution >= 4 is 11.6 Å². The Morgan fingerprint density at radius 2 is 2.31 bits per heavy atom. The van der Waals surface area contributed by atoms with Crippen LogP contribution in [0.1, 0.15) is 32.0 Å². The van der Waals surface area contributed by atoms with E-state index in [0.717, 1.165) is 25.2 Å². The molecule has 0 radical (unpaired) electrons. The van der Waals surface area contributed by atoms with Crippen LogP contribution >= 0.6 is 11.6 Å². The van der Waals surface area contributed by atoms with Gasteiger partial charge in [-0.05, 0) is 13.0 Å². The highest BCUT2D eigenvalue weighted by Gasteiger charge is 2.19. The van der Waals surface area contributed by atoms with Crippen molar-refractivity contribution < 1.29 is 4.74 Å². The molecule has 0 aliphatic rings. The molecule has 0 fully saturated rings. The molecule has 1 unspecified atom stereocenters. The average Bonchev–Trinajstić information content (AvgIpc) is 2.60. The molecular weight excluding hydrogens is 226 g/mol. The molecular formula is C11H20ClN3O. The zero-order valence-corrected chi connectivity index (χ0v) is 10.9. The molecule has 92 valence electrons. The lowest BCUT2D eigenvalue weighted by atomic mass is 10.2. The number of rotatable bonds is 7. The summed E-state index contributed by atoms with van der Waals surface area (Å²) in [5.74, 6) is 0. The second kappa shape index (κ2) is 6.89. The summed E-state index contributed by atoms with van der Waals surface area (Å²) in [6.07, 6.45) is 2.74. The summed E-state index contributed by atoms with van der Waals surface area (Å²) < 4.78 is 7.16. The lowest BCUT2D eigenvalue weighted by molar-refractivity contribution is 0.164. The first kappa shape index (κ1) is 13.5. The lowest BCUT2D eigenvalue weighted by Crippen LogP contribution is -2.27. The van der Waals surface area contributed by atoms with E-state index in [4.69, 9.17) is 16.3 Å². The summed E-state index contributed by atoms with van der Waals surface area (Å²) in [5.41, 5.74) is 1.02. The van der Waals surface area contributed by atoms with Crippen molar-refractivity contribution in [2.45, 2.75) is 32.9 Å². The molecule has 16 heavy (non-hydrogen) atoms. The summed E-state index contributed by atoms with van der Waals surface area (Å²) in [6, 6.07) is 0.108. The van der Waals surface area contributed by atoms with Crippen LogP contribution in [0, 0.1) is 0 Å².